The van der Waals surface area contributed by atoms with E-state index in [1.165, 1.54) is 18.4 Å². The summed E-state index contributed by atoms with van der Waals surface area (Å²) >= 11 is 0. The van der Waals surface area contributed by atoms with Gasteiger partial charge in [-0.15, -0.1) is 0 Å². The zero-order valence-electron chi connectivity index (χ0n) is 10.7. The van der Waals surface area contributed by atoms with Crippen molar-refractivity contribution in [2.45, 2.75) is 6.54 Å². The molecule has 0 aliphatic carbocycles. The lowest BCUT2D eigenvalue weighted by Gasteiger charge is -2.10. The molecule has 1 aromatic heterocycles. The third-order valence-electron chi connectivity index (χ3n) is 2.66. The van der Waals surface area contributed by atoms with E-state index in [0.29, 0.717) is 5.76 Å². The van der Waals surface area contributed by atoms with Gasteiger partial charge in [0.25, 0.3) is 5.91 Å². The largest absolute Gasteiger partial charge is 0.491 e. The summed E-state index contributed by atoms with van der Waals surface area (Å²) in [5, 5.41) is 2.09. The average molecular weight is 303 g/mol. The maximum atomic E-state index is 13.7. The van der Waals surface area contributed by atoms with Gasteiger partial charge in [0.2, 0.25) is 11.6 Å². The Labute approximate surface area is 116 Å². The van der Waals surface area contributed by atoms with Crippen molar-refractivity contribution in [3.05, 3.63) is 53.0 Å². The maximum absolute atomic E-state index is 13.7. The predicted octanol–water partition coefficient (Wildman–Crippen LogP) is 2.77. The van der Waals surface area contributed by atoms with E-state index in [0.717, 1.165) is 7.11 Å². The predicted molar refractivity (Wildman–Crippen MR) is 62.7 cm³/mol. The molecule has 0 saturated heterocycles. The number of ether oxygens (including phenoxy) is 1. The van der Waals surface area contributed by atoms with Gasteiger partial charge in [-0.3, -0.25) is 4.79 Å². The Morgan fingerprint density at radius 1 is 1.19 bits per heavy atom. The summed E-state index contributed by atoms with van der Waals surface area (Å²) in [6.45, 7) is -0.194. The number of amides is 1. The van der Waals surface area contributed by atoms with Crippen LogP contribution in [0.15, 0.2) is 22.8 Å². The Kier molecular flexibility index (Phi) is 4.15. The summed E-state index contributed by atoms with van der Waals surface area (Å²) in [5.74, 6) is -9.46. The number of carbonyl (C=O) groups excluding carboxylic acids is 1. The monoisotopic (exact) mass is 303 g/mol. The van der Waals surface area contributed by atoms with Gasteiger partial charge in [-0.2, -0.15) is 8.78 Å². The molecule has 2 rings (SSSR count). The Bertz CT molecular complexity index is 642. The molecule has 0 aliphatic heterocycles. The minimum absolute atomic E-state index is 0.194. The minimum Gasteiger partial charge on any atom is -0.491 e. The highest BCUT2D eigenvalue weighted by molar-refractivity contribution is 5.95. The zero-order valence-corrected chi connectivity index (χ0v) is 10.7. The van der Waals surface area contributed by atoms with Gasteiger partial charge < -0.3 is 14.5 Å². The second-order valence-electron chi connectivity index (χ2n) is 3.93. The summed E-state index contributed by atoms with van der Waals surface area (Å²) in [5.41, 5.74) is -1.36. The van der Waals surface area contributed by atoms with E-state index < -0.39 is 40.5 Å². The lowest BCUT2D eigenvalue weighted by Crippen LogP contribution is -2.26. The summed E-state index contributed by atoms with van der Waals surface area (Å²) in [4.78, 5) is 11.7. The number of rotatable bonds is 4. The number of halogens is 4. The minimum atomic E-state index is -1.83. The molecule has 8 heteroatoms. The summed E-state index contributed by atoms with van der Waals surface area (Å²) in [7, 11) is 0.844. The zero-order chi connectivity index (χ0) is 15.6. The number of benzene rings is 1. The van der Waals surface area contributed by atoms with Gasteiger partial charge in [-0.25, -0.2) is 8.78 Å². The lowest BCUT2D eigenvalue weighted by molar-refractivity contribution is 0.0936. The van der Waals surface area contributed by atoms with Crippen molar-refractivity contribution in [1.29, 1.82) is 0 Å². The number of hydrogen-bond donors (Lipinski definition) is 1. The molecule has 0 bridgehead atoms. The highest BCUT2D eigenvalue weighted by Crippen LogP contribution is 2.29. The van der Waals surface area contributed by atoms with E-state index in [1.54, 1.807) is 0 Å². The molecule has 0 aliphatic rings. The third kappa shape index (κ3) is 2.69. The first kappa shape index (κ1) is 14.9. The highest BCUT2D eigenvalue weighted by atomic mass is 19.2. The molecule has 0 spiro atoms. The summed E-state index contributed by atoms with van der Waals surface area (Å²) in [6, 6.07) is 3.04. The summed E-state index contributed by atoms with van der Waals surface area (Å²) < 4.78 is 63.4. The first-order chi connectivity index (χ1) is 9.97. The molecule has 0 unspecified atom stereocenters. The van der Waals surface area contributed by atoms with Crippen LogP contribution in [0.4, 0.5) is 17.6 Å². The molecule has 0 fully saturated rings. The molecule has 1 heterocycles. The van der Waals surface area contributed by atoms with Crippen molar-refractivity contribution >= 4 is 5.91 Å². The molecule has 4 nitrogen and oxygen atoms in total. The smallest absolute Gasteiger partial charge is 0.257 e. The van der Waals surface area contributed by atoms with E-state index >= 15 is 0 Å². The second-order valence-corrected chi connectivity index (χ2v) is 3.93. The van der Waals surface area contributed by atoms with E-state index in [2.05, 4.69) is 10.1 Å². The maximum Gasteiger partial charge on any atom is 0.257 e. The molecule has 2 aromatic rings. The fraction of sp³-hybridized carbons (Fsp3) is 0.154. The van der Waals surface area contributed by atoms with Gasteiger partial charge in [0, 0.05) is 0 Å². The van der Waals surface area contributed by atoms with Gasteiger partial charge in [0.15, 0.2) is 17.4 Å². The van der Waals surface area contributed by atoms with Crippen molar-refractivity contribution < 1.29 is 31.5 Å². The van der Waals surface area contributed by atoms with Crippen molar-refractivity contribution in [3.63, 3.8) is 0 Å². The molecular weight excluding hydrogens is 294 g/mol. The SMILES string of the molecule is COc1c(F)c(F)c(C(=O)NCc2ccco2)c(F)c1F. The molecule has 1 amide bonds. The highest BCUT2D eigenvalue weighted by Gasteiger charge is 2.30. The van der Waals surface area contributed by atoms with Crippen molar-refractivity contribution in [2.75, 3.05) is 7.11 Å². The van der Waals surface area contributed by atoms with E-state index in [1.807, 2.05) is 0 Å². The second kappa shape index (κ2) is 5.86. The van der Waals surface area contributed by atoms with Gasteiger partial charge in [0.05, 0.1) is 19.9 Å². The van der Waals surface area contributed by atoms with Gasteiger partial charge in [0.1, 0.15) is 11.3 Å². The first-order valence-electron chi connectivity index (χ1n) is 5.67. The number of methoxy groups -OCH3 is 1. The third-order valence-corrected chi connectivity index (χ3v) is 2.66. The topological polar surface area (TPSA) is 51.5 Å². The molecular formula is C13H9F4NO3. The number of furan rings is 1. The van der Waals surface area contributed by atoms with Crippen LogP contribution in [0.2, 0.25) is 0 Å². The van der Waals surface area contributed by atoms with Gasteiger partial charge >= 0.3 is 0 Å². The molecule has 1 N–H and O–H groups in total. The van der Waals surface area contributed by atoms with Crippen molar-refractivity contribution in [3.8, 4) is 5.75 Å². The molecule has 21 heavy (non-hydrogen) atoms. The van der Waals surface area contributed by atoms with Gasteiger partial charge in [-0.1, -0.05) is 0 Å². The normalized spacial score (nSPS) is 10.5. The van der Waals surface area contributed by atoms with Crippen LogP contribution >= 0.6 is 0 Å². The fourth-order valence-corrected chi connectivity index (χ4v) is 1.66. The van der Waals surface area contributed by atoms with Crippen LogP contribution in [-0.2, 0) is 6.54 Å². The Morgan fingerprint density at radius 3 is 2.29 bits per heavy atom. The van der Waals surface area contributed by atoms with Crippen molar-refractivity contribution in [2.24, 2.45) is 0 Å². The molecule has 0 radical (unpaired) electrons. The molecule has 0 atom stereocenters. The van der Waals surface area contributed by atoms with E-state index in [-0.39, 0.29) is 6.54 Å². The summed E-state index contributed by atoms with van der Waals surface area (Å²) in [6.07, 6.45) is 1.33. The van der Waals surface area contributed by atoms with Crippen LogP contribution < -0.4 is 10.1 Å². The molecule has 112 valence electrons. The van der Waals surface area contributed by atoms with Crippen LogP contribution in [0.3, 0.4) is 0 Å². The van der Waals surface area contributed by atoms with Crippen LogP contribution in [0, 0.1) is 23.3 Å². The molecule has 0 saturated carbocycles. The Balaban J connectivity index is 2.33. The molecule has 1 aromatic carbocycles. The van der Waals surface area contributed by atoms with Crippen LogP contribution in [0.25, 0.3) is 0 Å². The van der Waals surface area contributed by atoms with E-state index in [9.17, 15) is 22.4 Å². The lowest BCUT2D eigenvalue weighted by atomic mass is 10.1. The van der Waals surface area contributed by atoms with Gasteiger partial charge in [-0.05, 0) is 12.1 Å². The van der Waals surface area contributed by atoms with Crippen LogP contribution in [-0.4, -0.2) is 13.0 Å². The standard InChI is InChI=1S/C13H9F4NO3/c1-20-12-10(16)8(14)7(9(15)11(12)17)13(19)18-5-6-3-2-4-21-6/h2-4H,5H2,1H3,(H,18,19). The Morgan fingerprint density at radius 2 is 1.81 bits per heavy atom. The average Bonchev–Trinajstić information content (AvgIpc) is 2.97. The quantitative estimate of drug-likeness (QED) is 0.698. The van der Waals surface area contributed by atoms with Crippen LogP contribution in [0.5, 0.6) is 5.75 Å². The first-order valence-corrected chi connectivity index (χ1v) is 5.67. The Hall–Kier alpha value is -2.51. The van der Waals surface area contributed by atoms with Crippen molar-refractivity contribution in [1.82, 2.24) is 5.32 Å². The fourth-order valence-electron chi connectivity index (χ4n) is 1.66. The number of carbonyl (C=O) groups is 1. The number of hydrogen-bond acceptors (Lipinski definition) is 3. The number of nitrogens with one attached hydrogen (secondary N) is 1. The van der Waals surface area contributed by atoms with Crippen LogP contribution in [0.1, 0.15) is 16.1 Å². The van der Waals surface area contributed by atoms with E-state index in [4.69, 9.17) is 4.42 Å².